The second-order valence-corrected chi connectivity index (χ2v) is 7.18. The van der Waals surface area contributed by atoms with Gasteiger partial charge in [-0.2, -0.15) is 0 Å². The molecule has 0 spiro atoms. The summed E-state index contributed by atoms with van der Waals surface area (Å²) >= 11 is 0. The zero-order valence-electron chi connectivity index (χ0n) is 16.7. The molecule has 0 aliphatic carbocycles. The van der Waals surface area contributed by atoms with E-state index in [4.69, 9.17) is 0 Å². The van der Waals surface area contributed by atoms with Crippen LogP contribution < -0.4 is 15.5 Å². The molecule has 2 aromatic carbocycles. The van der Waals surface area contributed by atoms with Crippen molar-refractivity contribution in [2.24, 2.45) is 4.99 Å². The SMILES string of the molecule is CN=C(NCCCc1ccc(O)cc1)NC1CCN(c2ccc(C)cc2)C1.I. The molecule has 3 rings (SSSR count). The Morgan fingerprint density at radius 3 is 2.54 bits per heavy atom. The lowest BCUT2D eigenvalue weighted by molar-refractivity contribution is 0.475. The molecule has 6 heteroatoms. The highest BCUT2D eigenvalue weighted by atomic mass is 127. The summed E-state index contributed by atoms with van der Waals surface area (Å²) in [6.07, 6.45) is 3.11. The number of phenols is 1. The third-order valence-corrected chi connectivity index (χ3v) is 5.02. The lowest BCUT2D eigenvalue weighted by atomic mass is 10.1. The van der Waals surface area contributed by atoms with Gasteiger partial charge in [0.2, 0.25) is 0 Å². The zero-order chi connectivity index (χ0) is 19.1. The summed E-state index contributed by atoms with van der Waals surface area (Å²) in [4.78, 5) is 6.79. The van der Waals surface area contributed by atoms with E-state index in [0.29, 0.717) is 11.8 Å². The second kappa shape index (κ2) is 11.1. The third-order valence-electron chi connectivity index (χ3n) is 5.02. The van der Waals surface area contributed by atoms with E-state index >= 15 is 0 Å². The van der Waals surface area contributed by atoms with E-state index in [9.17, 15) is 5.11 Å². The largest absolute Gasteiger partial charge is 0.508 e. The number of anilines is 1. The molecule has 0 saturated carbocycles. The van der Waals surface area contributed by atoms with Gasteiger partial charge >= 0.3 is 0 Å². The van der Waals surface area contributed by atoms with Gasteiger partial charge in [0.1, 0.15) is 5.75 Å². The molecular formula is C22H31IN4O. The predicted molar refractivity (Wildman–Crippen MR) is 128 cm³/mol. The van der Waals surface area contributed by atoms with Crippen molar-refractivity contribution < 1.29 is 5.11 Å². The highest BCUT2D eigenvalue weighted by Gasteiger charge is 2.23. The minimum Gasteiger partial charge on any atom is -0.508 e. The number of hydrogen-bond donors (Lipinski definition) is 3. The lowest BCUT2D eigenvalue weighted by Crippen LogP contribution is -2.44. The molecule has 152 valence electrons. The van der Waals surface area contributed by atoms with Gasteiger partial charge in [-0.3, -0.25) is 4.99 Å². The van der Waals surface area contributed by atoms with Crippen LogP contribution in [0.25, 0.3) is 0 Å². The molecule has 0 amide bonds. The number of hydrogen-bond acceptors (Lipinski definition) is 3. The van der Waals surface area contributed by atoms with Crippen molar-refractivity contribution >= 4 is 35.6 Å². The lowest BCUT2D eigenvalue weighted by Gasteiger charge is -2.20. The highest BCUT2D eigenvalue weighted by Crippen LogP contribution is 2.20. The van der Waals surface area contributed by atoms with Crippen LogP contribution in [-0.4, -0.2) is 43.8 Å². The minimum atomic E-state index is 0. The highest BCUT2D eigenvalue weighted by molar-refractivity contribution is 14.0. The molecule has 1 saturated heterocycles. The topological polar surface area (TPSA) is 59.9 Å². The van der Waals surface area contributed by atoms with Crippen LogP contribution in [-0.2, 0) is 6.42 Å². The van der Waals surface area contributed by atoms with Crippen molar-refractivity contribution in [1.29, 1.82) is 0 Å². The Hall–Kier alpha value is -1.96. The van der Waals surface area contributed by atoms with E-state index in [2.05, 4.69) is 51.7 Å². The predicted octanol–water partition coefficient (Wildman–Crippen LogP) is 3.70. The summed E-state index contributed by atoms with van der Waals surface area (Å²) in [6, 6.07) is 16.6. The normalized spacial score (nSPS) is 16.6. The zero-order valence-corrected chi connectivity index (χ0v) is 19.0. The molecule has 2 aromatic rings. The first kappa shape index (κ1) is 22.3. The maximum Gasteiger partial charge on any atom is 0.191 e. The number of benzene rings is 2. The van der Waals surface area contributed by atoms with Gasteiger partial charge in [0.05, 0.1) is 0 Å². The van der Waals surface area contributed by atoms with E-state index in [1.807, 2.05) is 19.2 Å². The average Bonchev–Trinajstić information content (AvgIpc) is 3.14. The molecule has 0 bridgehead atoms. The monoisotopic (exact) mass is 494 g/mol. The van der Waals surface area contributed by atoms with E-state index in [0.717, 1.165) is 44.9 Å². The quantitative estimate of drug-likeness (QED) is 0.248. The first-order valence-corrected chi connectivity index (χ1v) is 9.71. The summed E-state index contributed by atoms with van der Waals surface area (Å²) in [5, 5.41) is 16.3. The van der Waals surface area contributed by atoms with Crippen molar-refractivity contribution in [2.75, 3.05) is 31.6 Å². The Kier molecular flexibility index (Phi) is 8.89. The number of nitrogens with one attached hydrogen (secondary N) is 2. The standard InChI is InChI=1S/C22H30N4O.HI/c1-17-5-9-20(10-6-17)26-15-13-19(16-26)25-22(23-2)24-14-3-4-18-7-11-21(27)12-8-18;/h5-12,19,27H,3-4,13-16H2,1-2H3,(H2,23,24,25);1H. The van der Waals surface area contributed by atoms with E-state index in [1.165, 1.54) is 16.8 Å². The molecule has 5 nitrogen and oxygen atoms in total. The maximum atomic E-state index is 9.33. The van der Waals surface area contributed by atoms with Crippen LogP contribution in [0.5, 0.6) is 5.75 Å². The van der Waals surface area contributed by atoms with E-state index in [1.54, 1.807) is 12.1 Å². The minimum absolute atomic E-state index is 0. The summed E-state index contributed by atoms with van der Waals surface area (Å²) in [7, 11) is 1.82. The average molecular weight is 494 g/mol. The van der Waals surface area contributed by atoms with Crippen molar-refractivity contribution in [3.63, 3.8) is 0 Å². The summed E-state index contributed by atoms with van der Waals surface area (Å²) < 4.78 is 0. The van der Waals surface area contributed by atoms with Crippen molar-refractivity contribution in [3.8, 4) is 5.75 Å². The fourth-order valence-electron chi connectivity index (χ4n) is 3.42. The van der Waals surface area contributed by atoms with Gasteiger partial charge in [-0.25, -0.2) is 0 Å². The Morgan fingerprint density at radius 1 is 1.14 bits per heavy atom. The number of aromatic hydroxyl groups is 1. The summed E-state index contributed by atoms with van der Waals surface area (Å²) in [6.45, 7) is 5.06. The Labute approximate surface area is 185 Å². The van der Waals surface area contributed by atoms with Gasteiger partial charge in [0.25, 0.3) is 0 Å². The van der Waals surface area contributed by atoms with Crippen LogP contribution in [0.4, 0.5) is 5.69 Å². The van der Waals surface area contributed by atoms with Gasteiger partial charge in [0, 0.05) is 38.4 Å². The fourth-order valence-corrected chi connectivity index (χ4v) is 3.42. The first-order valence-electron chi connectivity index (χ1n) is 9.71. The number of guanidine groups is 1. The number of aliphatic imine (C=N–C) groups is 1. The first-order chi connectivity index (χ1) is 13.1. The molecule has 1 fully saturated rings. The number of phenolic OH excluding ortho intramolecular Hbond substituents is 1. The molecule has 28 heavy (non-hydrogen) atoms. The molecule has 0 aromatic heterocycles. The number of aryl methyl sites for hydroxylation is 2. The van der Waals surface area contributed by atoms with Crippen LogP contribution in [0.1, 0.15) is 24.0 Å². The second-order valence-electron chi connectivity index (χ2n) is 7.18. The number of rotatable bonds is 6. The van der Waals surface area contributed by atoms with Gasteiger partial charge < -0.3 is 20.6 Å². The molecule has 1 heterocycles. The van der Waals surface area contributed by atoms with Gasteiger partial charge in [-0.05, 0) is 56.0 Å². The summed E-state index contributed by atoms with van der Waals surface area (Å²) in [5.41, 5.74) is 3.83. The van der Waals surface area contributed by atoms with Gasteiger partial charge in [-0.1, -0.05) is 29.8 Å². The Morgan fingerprint density at radius 2 is 1.86 bits per heavy atom. The maximum absolute atomic E-state index is 9.33. The third kappa shape index (κ3) is 6.58. The molecule has 1 atom stereocenters. The Bertz CT molecular complexity index is 746. The molecule has 0 radical (unpaired) electrons. The smallest absolute Gasteiger partial charge is 0.191 e. The molecule has 1 unspecified atom stereocenters. The molecule has 3 N–H and O–H groups in total. The molecule has 1 aliphatic rings. The van der Waals surface area contributed by atoms with Crippen LogP contribution in [0.15, 0.2) is 53.5 Å². The fraction of sp³-hybridized carbons (Fsp3) is 0.409. The van der Waals surface area contributed by atoms with E-state index in [-0.39, 0.29) is 24.0 Å². The van der Waals surface area contributed by atoms with Crippen LogP contribution in [0, 0.1) is 6.92 Å². The van der Waals surface area contributed by atoms with Crippen molar-refractivity contribution in [3.05, 3.63) is 59.7 Å². The van der Waals surface area contributed by atoms with E-state index < -0.39 is 0 Å². The molecule has 1 aliphatic heterocycles. The van der Waals surface area contributed by atoms with Crippen molar-refractivity contribution in [2.45, 2.75) is 32.2 Å². The Balaban J connectivity index is 0.00000280. The summed E-state index contributed by atoms with van der Waals surface area (Å²) in [5.74, 6) is 1.19. The van der Waals surface area contributed by atoms with Gasteiger partial charge in [-0.15, -0.1) is 24.0 Å². The van der Waals surface area contributed by atoms with Crippen LogP contribution in [0.3, 0.4) is 0 Å². The van der Waals surface area contributed by atoms with Crippen molar-refractivity contribution in [1.82, 2.24) is 10.6 Å². The number of halogens is 1. The van der Waals surface area contributed by atoms with Crippen LogP contribution in [0.2, 0.25) is 0 Å². The molecular weight excluding hydrogens is 463 g/mol. The van der Waals surface area contributed by atoms with Gasteiger partial charge in [0.15, 0.2) is 5.96 Å². The number of nitrogens with zero attached hydrogens (tertiary/aromatic N) is 2. The van der Waals surface area contributed by atoms with Crippen LogP contribution >= 0.6 is 24.0 Å².